The lowest BCUT2D eigenvalue weighted by Crippen LogP contribution is -2.55. The molecule has 8 heteroatoms. The molecule has 1 aliphatic heterocycles. The van der Waals surface area contributed by atoms with Crippen molar-refractivity contribution >= 4 is 15.7 Å². The molecule has 2 atom stereocenters. The third kappa shape index (κ3) is 3.56. The zero-order valence-corrected chi connectivity index (χ0v) is 14.4. The fourth-order valence-electron chi connectivity index (χ4n) is 3.65. The summed E-state index contributed by atoms with van der Waals surface area (Å²) in [6.45, 7) is 1.98. The van der Waals surface area contributed by atoms with Crippen LogP contribution in [0.1, 0.15) is 25.7 Å². The van der Waals surface area contributed by atoms with Crippen molar-refractivity contribution in [2.75, 3.05) is 31.1 Å². The Morgan fingerprint density at radius 3 is 2.29 bits per heavy atom. The number of nitrogens with zero attached hydrogens (tertiary/aromatic N) is 2. The van der Waals surface area contributed by atoms with Crippen LogP contribution in [-0.4, -0.2) is 55.4 Å². The van der Waals surface area contributed by atoms with E-state index in [4.69, 9.17) is 0 Å². The van der Waals surface area contributed by atoms with Gasteiger partial charge in [0.15, 0.2) is 0 Å². The van der Waals surface area contributed by atoms with Gasteiger partial charge < -0.3 is 10.1 Å². The highest BCUT2D eigenvalue weighted by Gasteiger charge is 2.40. The number of hydrogen-bond donors (Lipinski definition) is 2. The third-order valence-corrected chi connectivity index (χ3v) is 7.46. The first kappa shape index (κ1) is 17.6. The number of piperazine rings is 1. The van der Waals surface area contributed by atoms with Crippen LogP contribution in [0.3, 0.4) is 0 Å². The molecule has 0 aromatic heterocycles. The highest BCUT2D eigenvalue weighted by atomic mass is 32.2. The summed E-state index contributed by atoms with van der Waals surface area (Å²) in [5.41, 5.74) is 3.09. The Morgan fingerprint density at radius 1 is 1.04 bits per heavy atom. The summed E-state index contributed by atoms with van der Waals surface area (Å²) in [4.78, 5) is 2.06. The van der Waals surface area contributed by atoms with Gasteiger partial charge in [0, 0.05) is 31.9 Å². The summed E-state index contributed by atoms with van der Waals surface area (Å²) < 4.78 is 40.4. The SMILES string of the molecule is O=S(=O)([C@@H]1CCCC[C@H]1NO)N1CCN(c2ccc(F)cc2)CC1. The lowest BCUT2D eigenvalue weighted by atomic mass is 9.96. The number of benzene rings is 1. The number of halogens is 1. The number of nitrogens with one attached hydrogen (secondary N) is 1. The normalized spacial score (nSPS) is 26.5. The molecule has 134 valence electrons. The minimum absolute atomic E-state index is 0.278. The van der Waals surface area contributed by atoms with E-state index in [0.717, 1.165) is 18.5 Å². The van der Waals surface area contributed by atoms with Crippen molar-refractivity contribution < 1.29 is 18.0 Å². The second kappa shape index (κ2) is 7.35. The van der Waals surface area contributed by atoms with Crippen molar-refractivity contribution in [1.82, 2.24) is 9.79 Å². The molecule has 0 spiro atoms. The molecule has 1 saturated carbocycles. The molecule has 1 aromatic rings. The Kier molecular flexibility index (Phi) is 5.39. The molecular weight excluding hydrogens is 333 g/mol. The van der Waals surface area contributed by atoms with E-state index < -0.39 is 15.3 Å². The van der Waals surface area contributed by atoms with Gasteiger partial charge in [-0.1, -0.05) is 12.8 Å². The Bertz CT molecular complexity index is 645. The van der Waals surface area contributed by atoms with Gasteiger partial charge in [-0.15, -0.1) is 0 Å². The highest BCUT2D eigenvalue weighted by Crippen LogP contribution is 2.28. The van der Waals surface area contributed by atoms with Crippen LogP contribution in [0.2, 0.25) is 0 Å². The zero-order valence-electron chi connectivity index (χ0n) is 13.6. The molecule has 2 fully saturated rings. The van der Waals surface area contributed by atoms with E-state index in [0.29, 0.717) is 39.0 Å². The molecule has 2 N–H and O–H groups in total. The fourth-order valence-corrected chi connectivity index (χ4v) is 5.78. The lowest BCUT2D eigenvalue weighted by molar-refractivity contribution is 0.107. The predicted octanol–water partition coefficient (Wildman–Crippen LogP) is 1.57. The van der Waals surface area contributed by atoms with Gasteiger partial charge in [0.05, 0.1) is 11.3 Å². The number of rotatable bonds is 4. The minimum Gasteiger partial charge on any atom is -0.369 e. The Hall–Kier alpha value is -1.22. The first-order valence-electron chi connectivity index (χ1n) is 8.41. The van der Waals surface area contributed by atoms with Gasteiger partial charge in [0.1, 0.15) is 5.82 Å². The Morgan fingerprint density at radius 2 is 1.67 bits per heavy atom. The van der Waals surface area contributed by atoms with Gasteiger partial charge >= 0.3 is 0 Å². The van der Waals surface area contributed by atoms with E-state index in [1.807, 2.05) is 0 Å². The summed E-state index contributed by atoms with van der Waals surface area (Å²) in [7, 11) is -3.43. The van der Waals surface area contributed by atoms with E-state index in [2.05, 4.69) is 10.4 Å². The maximum atomic E-state index is 13.0. The summed E-state index contributed by atoms with van der Waals surface area (Å²) in [5, 5.41) is 8.70. The smallest absolute Gasteiger partial charge is 0.218 e. The van der Waals surface area contributed by atoms with Gasteiger partial charge in [-0.2, -0.15) is 4.31 Å². The Labute approximate surface area is 142 Å². The Balaban J connectivity index is 1.65. The van der Waals surface area contributed by atoms with E-state index in [9.17, 15) is 18.0 Å². The molecule has 6 nitrogen and oxygen atoms in total. The standard InChI is InChI=1S/C16H24FN3O3S/c17-13-5-7-14(8-6-13)19-9-11-20(12-10-19)24(22,23)16-4-2-1-3-15(16)18-21/h5-8,15-16,18,21H,1-4,9-12H2/t15-,16-/m1/s1. The summed E-state index contributed by atoms with van der Waals surface area (Å²) in [5.74, 6) is -0.278. The van der Waals surface area contributed by atoms with Crippen LogP contribution in [0.4, 0.5) is 10.1 Å². The molecule has 0 radical (unpaired) electrons. The first-order valence-corrected chi connectivity index (χ1v) is 9.92. The molecule has 1 aromatic carbocycles. The minimum atomic E-state index is -3.43. The number of anilines is 1. The molecule has 3 rings (SSSR count). The maximum absolute atomic E-state index is 13.0. The first-order chi connectivity index (χ1) is 11.5. The summed E-state index contributed by atoms with van der Waals surface area (Å²) in [6.07, 6.45) is 3.06. The van der Waals surface area contributed by atoms with Crippen molar-refractivity contribution in [2.45, 2.75) is 37.0 Å². The molecule has 1 saturated heterocycles. The van der Waals surface area contributed by atoms with Gasteiger partial charge in [-0.05, 0) is 37.1 Å². The summed E-state index contributed by atoms with van der Waals surface area (Å²) in [6, 6.07) is 5.87. The molecule has 0 bridgehead atoms. The van der Waals surface area contributed by atoms with Crippen molar-refractivity contribution in [3.63, 3.8) is 0 Å². The molecular formula is C16H24FN3O3S. The van der Waals surface area contributed by atoms with Crippen LogP contribution >= 0.6 is 0 Å². The second-order valence-electron chi connectivity index (χ2n) is 6.47. The van der Waals surface area contributed by atoms with Crippen LogP contribution in [0, 0.1) is 5.82 Å². The average molecular weight is 357 g/mol. The van der Waals surface area contributed by atoms with Crippen molar-refractivity contribution in [3.8, 4) is 0 Å². The van der Waals surface area contributed by atoms with Gasteiger partial charge in [0.2, 0.25) is 10.0 Å². The van der Waals surface area contributed by atoms with Crippen LogP contribution in [0.15, 0.2) is 24.3 Å². The van der Waals surface area contributed by atoms with Crippen LogP contribution < -0.4 is 10.4 Å². The zero-order chi connectivity index (χ0) is 17.2. The van der Waals surface area contributed by atoms with Crippen molar-refractivity contribution in [1.29, 1.82) is 0 Å². The molecule has 1 heterocycles. The molecule has 24 heavy (non-hydrogen) atoms. The molecule has 0 amide bonds. The number of sulfonamides is 1. The molecule has 0 unspecified atom stereocenters. The topological polar surface area (TPSA) is 72.9 Å². The van der Waals surface area contributed by atoms with Gasteiger partial charge in [-0.3, -0.25) is 0 Å². The van der Waals surface area contributed by atoms with E-state index in [1.165, 1.54) is 16.4 Å². The number of hydroxylamine groups is 1. The fraction of sp³-hybridized carbons (Fsp3) is 0.625. The van der Waals surface area contributed by atoms with Crippen LogP contribution in [0.5, 0.6) is 0 Å². The monoisotopic (exact) mass is 357 g/mol. The largest absolute Gasteiger partial charge is 0.369 e. The maximum Gasteiger partial charge on any atom is 0.218 e. The second-order valence-corrected chi connectivity index (χ2v) is 8.62. The van der Waals surface area contributed by atoms with E-state index in [1.54, 1.807) is 12.1 Å². The lowest BCUT2D eigenvalue weighted by Gasteiger charge is -2.39. The molecule has 1 aliphatic carbocycles. The van der Waals surface area contributed by atoms with E-state index >= 15 is 0 Å². The quantitative estimate of drug-likeness (QED) is 0.801. The van der Waals surface area contributed by atoms with E-state index in [-0.39, 0.29) is 11.9 Å². The predicted molar refractivity (Wildman–Crippen MR) is 90.1 cm³/mol. The third-order valence-electron chi connectivity index (χ3n) is 5.04. The van der Waals surface area contributed by atoms with Crippen molar-refractivity contribution in [3.05, 3.63) is 30.1 Å². The molecule has 2 aliphatic rings. The number of hydrogen-bond acceptors (Lipinski definition) is 5. The van der Waals surface area contributed by atoms with Crippen molar-refractivity contribution in [2.24, 2.45) is 0 Å². The van der Waals surface area contributed by atoms with Gasteiger partial charge in [0.25, 0.3) is 0 Å². The summed E-state index contributed by atoms with van der Waals surface area (Å²) >= 11 is 0. The average Bonchev–Trinajstić information content (AvgIpc) is 2.62. The van der Waals surface area contributed by atoms with Crippen LogP contribution in [-0.2, 0) is 10.0 Å². The van der Waals surface area contributed by atoms with Crippen LogP contribution in [0.25, 0.3) is 0 Å². The van der Waals surface area contributed by atoms with Gasteiger partial charge in [-0.25, -0.2) is 18.3 Å². The highest BCUT2D eigenvalue weighted by molar-refractivity contribution is 7.89.